The number of methoxy groups -OCH3 is 1. The van der Waals surface area contributed by atoms with Crippen LogP contribution in [0.1, 0.15) is 33.1 Å². The van der Waals surface area contributed by atoms with Gasteiger partial charge in [-0.1, -0.05) is 6.92 Å². The quantitative estimate of drug-likeness (QED) is 0.669. The van der Waals surface area contributed by atoms with E-state index in [2.05, 4.69) is 17.1 Å². The molecule has 1 aliphatic heterocycles. The Morgan fingerprint density at radius 3 is 2.89 bits per heavy atom. The van der Waals surface area contributed by atoms with Gasteiger partial charge in [-0.25, -0.2) is 0 Å². The van der Waals surface area contributed by atoms with Gasteiger partial charge in [0.2, 0.25) is 0 Å². The van der Waals surface area contributed by atoms with E-state index in [1.54, 1.807) is 0 Å². The van der Waals surface area contributed by atoms with Gasteiger partial charge in [0.1, 0.15) is 6.04 Å². The summed E-state index contributed by atoms with van der Waals surface area (Å²) < 4.78 is 10.6. The SMILES string of the molecule is CCCNC(CN1CCCC(OCC)C1)C(=O)OC. The minimum atomic E-state index is -0.231. The van der Waals surface area contributed by atoms with Gasteiger partial charge in [0.25, 0.3) is 0 Å². The van der Waals surface area contributed by atoms with Crippen molar-refractivity contribution in [1.29, 1.82) is 0 Å². The Kier molecular flexibility index (Phi) is 8.02. The largest absolute Gasteiger partial charge is 0.468 e. The van der Waals surface area contributed by atoms with E-state index in [1.807, 2.05) is 6.92 Å². The van der Waals surface area contributed by atoms with Crippen LogP contribution in [0.4, 0.5) is 0 Å². The van der Waals surface area contributed by atoms with Crippen LogP contribution in [-0.4, -0.2) is 62.9 Å². The van der Waals surface area contributed by atoms with Crippen LogP contribution in [-0.2, 0) is 14.3 Å². The van der Waals surface area contributed by atoms with Crippen molar-refractivity contribution in [3.8, 4) is 0 Å². The Labute approximate surface area is 116 Å². The van der Waals surface area contributed by atoms with Crippen molar-refractivity contribution >= 4 is 5.97 Å². The Morgan fingerprint density at radius 1 is 1.47 bits per heavy atom. The number of nitrogens with zero attached hydrogens (tertiary/aromatic N) is 1. The van der Waals surface area contributed by atoms with Gasteiger partial charge in [0.05, 0.1) is 13.2 Å². The summed E-state index contributed by atoms with van der Waals surface area (Å²) in [5.41, 5.74) is 0. The molecule has 1 saturated heterocycles. The molecule has 0 aliphatic carbocycles. The van der Waals surface area contributed by atoms with Gasteiger partial charge in [-0.15, -0.1) is 0 Å². The first-order chi connectivity index (χ1) is 9.21. The van der Waals surface area contributed by atoms with Crippen LogP contribution in [0.25, 0.3) is 0 Å². The molecule has 0 bridgehead atoms. The van der Waals surface area contributed by atoms with Crippen LogP contribution in [0.5, 0.6) is 0 Å². The van der Waals surface area contributed by atoms with Crippen molar-refractivity contribution in [2.24, 2.45) is 0 Å². The lowest BCUT2D eigenvalue weighted by atomic mass is 10.1. The predicted molar refractivity (Wildman–Crippen MR) is 75.2 cm³/mol. The van der Waals surface area contributed by atoms with Gasteiger partial charge in [-0.05, 0) is 39.3 Å². The molecule has 0 radical (unpaired) electrons. The molecule has 0 spiro atoms. The number of nitrogens with one attached hydrogen (secondary N) is 1. The highest BCUT2D eigenvalue weighted by molar-refractivity contribution is 5.75. The lowest BCUT2D eigenvalue weighted by molar-refractivity contribution is -0.144. The Morgan fingerprint density at radius 2 is 2.26 bits per heavy atom. The Hall–Kier alpha value is -0.650. The third kappa shape index (κ3) is 5.89. The average molecular weight is 272 g/mol. The van der Waals surface area contributed by atoms with E-state index in [9.17, 15) is 4.79 Å². The molecule has 1 fully saturated rings. The van der Waals surface area contributed by atoms with Crippen LogP contribution >= 0.6 is 0 Å². The number of rotatable bonds is 8. The fourth-order valence-corrected chi connectivity index (χ4v) is 2.49. The summed E-state index contributed by atoms with van der Waals surface area (Å²) in [5.74, 6) is -0.174. The zero-order valence-electron chi connectivity index (χ0n) is 12.5. The number of carbonyl (C=O) groups is 1. The van der Waals surface area contributed by atoms with Crippen molar-refractivity contribution in [2.75, 3.05) is 39.9 Å². The van der Waals surface area contributed by atoms with Crippen molar-refractivity contribution in [2.45, 2.75) is 45.3 Å². The summed E-state index contributed by atoms with van der Waals surface area (Å²) in [6.45, 7) is 8.36. The molecule has 1 N–H and O–H groups in total. The van der Waals surface area contributed by atoms with Crippen LogP contribution in [0, 0.1) is 0 Å². The summed E-state index contributed by atoms with van der Waals surface area (Å²) in [6, 6.07) is -0.231. The first-order valence-electron chi connectivity index (χ1n) is 7.36. The number of carbonyl (C=O) groups excluding carboxylic acids is 1. The maximum atomic E-state index is 11.8. The molecule has 1 aliphatic rings. The molecule has 2 unspecified atom stereocenters. The first-order valence-corrected chi connectivity index (χ1v) is 7.36. The van der Waals surface area contributed by atoms with Crippen LogP contribution in [0.2, 0.25) is 0 Å². The molecule has 0 amide bonds. The summed E-state index contributed by atoms with van der Waals surface area (Å²) >= 11 is 0. The highest BCUT2D eigenvalue weighted by Crippen LogP contribution is 2.13. The van der Waals surface area contributed by atoms with Gasteiger partial charge in [-0.2, -0.15) is 0 Å². The number of hydrogen-bond acceptors (Lipinski definition) is 5. The monoisotopic (exact) mass is 272 g/mol. The van der Waals surface area contributed by atoms with Crippen molar-refractivity contribution < 1.29 is 14.3 Å². The molecular formula is C14H28N2O3. The highest BCUT2D eigenvalue weighted by Gasteiger charge is 2.26. The second kappa shape index (κ2) is 9.28. The first kappa shape index (κ1) is 16.4. The number of hydrogen-bond donors (Lipinski definition) is 1. The number of likely N-dealkylation sites (tertiary alicyclic amines) is 1. The van der Waals surface area contributed by atoms with Crippen LogP contribution < -0.4 is 5.32 Å². The standard InChI is InChI=1S/C14H28N2O3/c1-4-8-15-13(14(17)18-3)11-16-9-6-7-12(10-16)19-5-2/h12-13,15H,4-11H2,1-3H3. The second-order valence-electron chi connectivity index (χ2n) is 5.01. The van der Waals surface area contributed by atoms with E-state index >= 15 is 0 Å². The molecule has 0 aromatic heterocycles. The second-order valence-corrected chi connectivity index (χ2v) is 5.01. The maximum absolute atomic E-state index is 11.8. The minimum Gasteiger partial charge on any atom is -0.468 e. The fraction of sp³-hybridized carbons (Fsp3) is 0.929. The summed E-state index contributed by atoms with van der Waals surface area (Å²) in [5, 5.41) is 3.26. The summed E-state index contributed by atoms with van der Waals surface area (Å²) in [6.07, 6.45) is 3.57. The topological polar surface area (TPSA) is 50.8 Å². The van der Waals surface area contributed by atoms with Gasteiger partial charge in [-0.3, -0.25) is 9.69 Å². The van der Waals surface area contributed by atoms with E-state index in [1.165, 1.54) is 7.11 Å². The van der Waals surface area contributed by atoms with Crippen LogP contribution in [0.15, 0.2) is 0 Å². The molecule has 1 heterocycles. The van der Waals surface area contributed by atoms with Crippen LogP contribution in [0.3, 0.4) is 0 Å². The zero-order chi connectivity index (χ0) is 14.1. The van der Waals surface area contributed by atoms with E-state index in [0.29, 0.717) is 12.6 Å². The smallest absolute Gasteiger partial charge is 0.324 e. The van der Waals surface area contributed by atoms with Crippen molar-refractivity contribution in [1.82, 2.24) is 10.2 Å². The zero-order valence-corrected chi connectivity index (χ0v) is 12.5. The molecule has 19 heavy (non-hydrogen) atoms. The lowest BCUT2D eigenvalue weighted by Gasteiger charge is -2.34. The van der Waals surface area contributed by atoms with Gasteiger partial charge >= 0.3 is 5.97 Å². The van der Waals surface area contributed by atoms with Gasteiger partial charge in [0.15, 0.2) is 0 Å². The normalized spacial score (nSPS) is 22.2. The molecule has 0 aromatic carbocycles. The van der Waals surface area contributed by atoms with E-state index in [4.69, 9.17) is 9.47 Å². The van der Waals surface area contributed by atoms with Crippen molar-refractivity contribution in [3.63, 3.8) is 0 Å². The summed E-state index contributed by atoms with van der Waals surface area (Å²) in [4.78, 5) is 14.1. The third-order valence-electron chi connectivity index (χ3n) is 3.43. The lowest BCUT2D eigenvalue weighted by Crippen LogP contribution is -2.50. The van der Waals surface area contributed by atoms with Gasteiger partial charge < -0.3 is 14.8 Å². The minimum absolute atomic E-state index is 0.174. The number of piperidine rings is 1. The predicted octanol–water partition coefficient (Wildman–Crippen LogP) is 1.03. The van der Waals surface area contributed by atoms with E-state index < -0.39 is 0 Å². The molecule has 0 saturated carbocycles. The molecule has 112 valence electrons. The molecular weight excluding hydrogens is 244 g/mol. The molecule has 5 nitrogen and oxygen atoms in total. The maximum Gasteiger partial charge on any atom is 0.324 e. The molecule has 0 aromatic rings. The Bertz CT molecular complexity index is 259. The van der Waals surface area contributed by atoms with E-state index in [0.717, 1.165) is 45.5 Å². The number of esters is 1. The molecule has 1 rings (SSSR count). The fourth-order valence-electron chi connectivity index (χ4n) is 2.49. The van der Waals surface area contributed by atoms with E-state index in [-0.39, 0.29) is 12.0 Å². The number of ether oxygens (including phenoxy) is 2. The third-order valence-corrected chi connectivity index (χ3v) is 3.43. The highest BCUT2D eigenvalue weighted by atomic mass is 16.5. The molecule has 5 heteroatoms. The molecule has 2 atom stereocenters. The van der Waals surface area contributed by atoms with Gasteiger partial charge in [0, 0.05) is 19.7 Å². The Balaban J connectivity index is 2.45. The van der Waals surface area contributed by atoms with Crippen molar-refractivity contribution in [3.05, 3.63) is 0 Å². The average Bonchev–Trinajstić information content (AvgIpc) is 2.43. The summed E-state index contributed by atoms with van der Waals surface area (Å²) in [7, 11) is 1.45.